The number of hydrogen-bond donors (Lipinski definition) is 1. The molecule has 0 radical (unpaired) electrons. The Hall–Kier alpha value is -0.940. The second kappa shape index (κ2) is 4.72. The molecule has 2 rings (SSSR count). The summed E-state index contributed by atoms with van der Waals surface area (Å²) in [7, 11) is 0. The van der Waals surface area contributed by atoms with Gasteiger partial charge in [0.2, 0.25) is 5.91 Å². The third-order valence-corrected chi connectivity index (χ3v) is 4.14. The van der Waals surface area contributed by atoms with Gasteiger partial charge in [-0.2, -0.15) is 0 Å². The molecule has 1 N–H and O–H groups in total. The number of amides is 2. The van der Waals surface area contributed by atoms with Crippen LogP contribution in [0.3, 0.4) is 0 Å². The maximum atomic E-state index is 11.1. The molecule has 0 spiro atoms. The van der Waals surface area contributed by atoms with E-state index in [1.54, 1.807) is 11.8 Å². The van der Waals surface area contributed by atoms with Crippen LogP contribution in [0.2, 0.25) is 0 Å². The van der Waals surface area contributed by atoms with Gasteiger partial charge in [-0.15, -0.1) is 11.8 Å². The van der Waals surface area contributed by atoms with Crippen molar-refractivity contribution in [2.75, 3.05) is 0 Å². The van der Waals surface area contributed by atoms with Gasteiger partial charge in [0.05, 0.1) is 4.58 Å². The summed E-state index contributed by atoms with van der Waals surface area (Å²) in [5.41, 5.74) is 0. The van der Waals surface area contributed by atoms with Crippen LogP contribution in [0.15, 0.2) is 35.2 Å². The van der Waals surface area contributed by atoms with Gasteiger partial charge in [-0.3, -0.25) is 14.9 Å². The van der Waals surface area contributed by atoms with Crippen LogP contribution in [0.5, 0.6) is 0 Å². The SMILES string of the molecule is O=C1CC(Sc2ccccc2)SC(=O)N1. The Bertz CT molecular complexity index is 364. The Morgan fingerprint density at radius 3 is 2.67 bits per heavy atom. The van der Waals surface area contributed by atoms with E-state index in [-0.39, 0.29) is 15.7 Å². The molecule has 0 bridgehead atoms. The van der Waals surface area contributed by atoms with Gasteiger partial charge in [-0.1, -0.05) is 18.2 Å². The number of imide groups is 1. The van der Waals surface area contributed by atoms with Gasteiger partial charge < -0.3 is 0 Å². The number of thioether (sulfide) groups is 2. The lowest BCUT2D eigenvalue weighted by Gasteiger charge is -2.19. The van der Waals surface area contributed by atoms with Crippen molar-refractivity contribution in [3.63, 3.8) is 0 Å². The number of carbonyl (C=O) groups is 2. The van der Waals surface area contributed by atoms with E-state index in [4.69, 9.17) is 0 Å². The van der Waals surface area contributed by atoms with Crippen molar-refractivity contribution in [3.05, 3.63) is 30.3 Å². The highest BCUT2D eigenvalue weighted by molar-refractivity contribution is 8.24. The fourth-order valence-corrected chi connectivity index (χ4v) is 3.51. The van der Waals surface area contributed by atoms with Gasteiger partial charge in [0.1, 0.15) is 0 Å². The summed E-state index contributed by atoms with van der Waals surface area (Å²) in [6.07, 6.45) is 0.385. The first kappa shape index (κ1) is 10.6. The highest BCUT2D eigenvalue weighted by Gasteiger charge is 2.26. The summed E-state index contributed by atoms with van der Waals surface area (Å²) in [5.74, 6) is -0.188. The first-order valence-electron chi connectivity index (χ1n) is 4.46. The second-order valence-electron chi connectivity index (χ2n) is 3.02. The number of nitrogens with one attached hydrogen (secondary N) is 1. The molecule has 1 heterocycles. The number of carbonyl (C=O) groups excluding carboxylic acids is 2. The van der Waals surface area contributed by atoms with Crippen LogP contribution in [0, 0.1) is 0 Å². The fourth-order valence-electron chi connectivity index (χ4n) is 1.22. The first-order chi connectivity index (χ1) is 7.24. The molecule has 78 valence electrons. The van der Waals surface area contributed by atoms with Crippen molar-refractivity contribution >= 4 is 34.7 Å². The van der Waals surface area contributed by atoms with Gasteiger partial charge in [0, 0.05) is 11.3 Å². The average Bonchev–Trinajstić information content (AvgIpc) is 2.17. The van der Waals surface area contributed by atoms with Gasteiger partial charge in [0.15, 0.2) is 0 Å². The molecule has 1 saturated heterocycles. The summed E-state index contributed by atoms with van der Waals surface area (Å²) < 4.78 is -0.00588. The van der Waals surface area contributed by atoms with E-state index < -0.39 is 0 Å². The third kappa shape index (κ3) is 3.00. The minimum Gasteiger partial charge on any atom is -0.287 e. The summed E-state index contributed by atoms with van der Waals surface area (Å²) in [6, 6.07) is 9.77. The summed E-state index contributed by atoms with van der Waals surface area (Å²) in [6.45, 7) is 0. The summed E-state index contributed by atoms with van der Waals surface area (Å²) >= 11 is 2.73. The normalized spacial score (nSPS) is 21.2. The van der Waals surface area contributed by atoms with Crippen molar-refractivity contribution in [2.45, 2.75) is 15.9 Å². The molecule has 1 aliphatic heterocycles. The van der Waals surface area contributed by atoms with Gasteiger partial charge in [-0.05, 0) is 23.9 Å². The first-order valence-corrected chi connectivity index (χ1v) is 6.22. The standard InChI is InChI=1S/C10H9NO2S2/c12-8-6-9(15-10(13)11-8)14-7-4-2-1-3-5-7/h1-5,9H,6H2,(H,11,12,13). The number of hydrogen-bond acceptors (Lipinski definition) is 4. The molecular formula is C10H9NO2S2. The van der Waals surface area contributed by atoms with E-state index in [0.717, 1.165) is 4.90 Å². The van der Waals surface area contributed by atoms with E-state index in [1.165, 1.54) is 11.8 Å². The minimum atomic E-state index is -0.250. The van der Waals surface area contributed by atoms with Crippen molar-refractivity contribution in [3.8, 4) is 0 Å². The van der Waals surface area contributed by atoms with Gasteiger partial charge in [0.25, 0.3) is 5.24 Å². The molecule has 1 fully saturated rings. The van der Waals surface area contributed by atoms with E-state index in [9.17, 15) is 9.59 Å². The monoisotopic (exact) mass is 239 g/mol. The van der Waals surface area contributed by atoms with Crippen LogP contribution in [-0.4, -0.2) is 15.7 Å². The smallest absolute Gasteiger partial charge is 0.286 e. The lowest BCUT2D eigenvalue weighted by atomic mass is 10.4. The number of rotatable bonds is 2. The van der Waals surface area contributed by atoms with E-state index in [2.05, 4.69) is 5.32 Å². The Kier molecular flexibility index (Phi) is 3.33. The molecule has 1 aliphatic rings. The lowest BCUT2D eigenvalue weighted by molar-refractivity contribution is -0.119. The third-order valence-electron chi connectivity index (χ3n) is 1.84. The van der Waals surface area contributed by atoms with Crippen molar-refractivity contribution in [1.82, 2.24) is 5.32 Å². The Labute approximate surface area is 96.0 Å². The zero-order chi connectivity index (χ0) is 10.7. The predicted molar refractivity (Wildman–Crippen MR) is 61.8 cm³/mol. The minimum absolute atomic E-state index is 0.00588. The van der Waals surface area contributed by atoms with Crippen LogP contribution in [-0.2, 0) is 4.79 Å². The summed E-state index contributed by atoms with van der Waals surface area (Å²) in [4.78, 5) is 23.3. The highest BCUT2D eigenvalue weighted by atomic mass is 32.2. The van der Waals surface area contributed by atoms with E-state index in [1.807, 2.05) is 30.3 Å². The van der Waals surface area contributed by atoms with Gasteiger partial charge >= 0.3 is 0 Å². The second-order valence-corrected chi connectivity index (χ2v) is 5.77. The predicted octanol–water partition coefficient (Wildman–Crippen LogP) is 2.48. The Morgan fingerprint density at radius 1 is 1.27 bits per heavy atom. The maximum absolute atomic E-state index is 11.1. The molecule has 1 aromatic carbocycles. The zero-order valence-electron chi connectivity index (χ0n) is 7.80. The molecule has 5 heteroatoms. The molecule has 15 heavy (non-hydrogen) atoms. The van der Waals surface area contributed by atoms with Crippen LogP contribution < -0.4 is 5.32 Å². The van der Waals surface area contributed by atoms with Crippen molar-refractivity contribution < 1.29 is 9.59 Å². The lowest BCUT2D eigenvalue weighted by Crippen LogP contribution is -2.34. The van der Waals surface area contributed by atoms with Crippen molar-refractivity contribution in [2.24, 2.45) is 0 Å². The molecule has 1 unspecified atom stereocenters. The van der Waals surface area contributed by atoms with Crippen LogP contribution >= 0.6 is 23.5 Å². The van der Waals surface area contributed by atoms with Gasteiger partial charge in [-0.25, -0.2) is 0 Å². The quantitative estimate of drug-likeness (QED) is 0.861. The van der Waals surface area contributed by atoms with E-state index >= 15 is 0 Å². The molecule has 1 atom stereocenters. The molecule has 0 aromatic heterocycles. The molecule has 1 aromatic rings. The Balaban J connectivity index is 2.00. The molecule has 0 saturated carbocycles. The highest BCUT2D eigenvalue weighted by Crippen LogP contribution is 2.35. The summed E-state index contributed by atoms with van der Waals surface area (Å²) in [5, 5.41) is 2.02. The van der Waals surface area contributed by atoms with Crippen LogP contribution in [0.4, 0.5) is 4.79 Å². The largest absolute Gasteiger partial charge is 0.287 e. The number of benzene rings is 1. The Morgan fingerprint density at radius 2 is 2.00 bits per heavy atom. The molecule has 2 amide bonds. The van der Waals surface area contributed by atoms with Crippen molar-refractivity contribution in [1.29, 1.82) is 0 Å². The van der Waals surface area contributed by atoms with Crippen LogP contribution in [0.1, 0.15) is 6.42 Å². The topological polar surface area (TPSA) is 46.2 Å². The van der Waals surface area contributed by atoms with E-state index in [0.29, 0.717) is 6.42 Å². The fraction of sp³-hybridized carbons (Fsp3) is 0.200. The maximum Gasteiger partial charge on any atom is 0.286 e. The zero-order valence-corrected chi connectivity index (χ0v) is 9.44. The van der Waals surface area contributed by atoms with Crippen LogP contribution in [0.25, 0.3) is 0 Å². The molecule has 3 nitrogen and oxygen atoms in total. The molecule has 0 aliphatic carbocycles. The average molecular weight is 239 g/mol. The molecular weight excluding hydrogens is 230 g/mol.